The number of tetrazole rings is 1. The Labute approximate surface area is 168 Å². The van der Waals surface area contributed by atoms with E-state index in [-0.39, 0.29) is 0 Å². The number of methoxy groups -OCH3 is 1. The van der Waals surface area contributed by atoms with Crippen molar-refractivity contribution >= 4 is 17.5 Å². The second-order valence-electron chi connectivity index (χ2n) is 6.20. The summed E-state index contributed by atoms with van der Waals surface area (Å²) in [7, 11) is 1.60. The Kier molecular flexibility index (Phi) is 6.49. The summed E-state index contributed by atoms with van der Waals surface area (Å²) in [5, 5.41) is 15.2. The Balaban J connectivity index is 1.71. The highest BCUT2D eigenvalue weighted by Gasteiger charge is 2.12. The average molecular weight is 400 g/mol. The zero-order valence-corrected chi connectivity index (χ0v) is 16.6. The number of hydrogen-bond donors (Lipinski definition) is 1. The minimum atomic E-state index is 0.433. The normalized spacial score (nSPS) is 10.5. The number of nitrogens with zero attached hydrogens (tertiary/aromatic N) is 4. The number of allylic oxidation sites excluding steroid dienone is 1. The minimum Gasteiger partial charge on any atom is -0.493 e. The van der Waals surface area contributed by atoms with Crippen molar-refractivity contribution in [3.8, 4) is 11.5 Å². The molecule has 0 atom stereocenters. The van der Waals surface area contributed by atoms with Crippen LogP contribution in [0.4, 0.5) is 5.95 Å². The van der Waals surface area contributed by atoms with Gasteiger partial charge in [-0.25, -0.2) is 4.68 Å². The highest BCUT2D eigenvalue weighted by atomic mass is 35.5. The van der Waals surface area contributed by atoms with Gasteiger partial charge < -0.3 is 14.8 Å². The molecule has 2 aromatic carbocycles. The number of hydrogen-bond acceptors (Lipinski definition) is 6. The van der Waals surface area contributed by atoms with E-state index in [1.165, 1.54) is 5.56 Å². The highest BCUT2D eigenvalue weighted by molar-refractivity contribution is 6.31. The lowest BCUT2D eigenvalue weighted by molar-refractivity contribution is 0.284. The second-order valence-corrected chi connectivity index (χ2v) is 6.61. The first-order valence-corrected chi connectivity index (χ1v) is 9.14. The Morgan fingerprint density at radius 3 is 2.86 bits per heavy atom. The monoisotopic (exact) mass is 399 g/mol. The van der Waals surface area contributed by atoms with Crippen LogP contribution >= 0.6 is 11.6 Å². The topological polar surface area (TPSA) is 74.1 Å². The molecule has 146 valence electrons. The molecule has 0 bridgehead atoms. The van der Waals surface area contributed by atoms with Crippen LogP contribution in [0.3, 0.4) is 0 Å². The first kappa shape index (κ1) is 19.7. The zero-order valence-electron chi connectivity index (χ0n) is 15.9. The maximum Gasteiger partial charge on any atom is 0.243 e. The molecule has 1 aromatic heterocycles. The van der Waals surface area contributed by atoms with Gasteiger partial charge in [0, 0.05) is 17.6 Å². The van der Waals surface area contributed by atoms with E-state index in [0.717, 1.165) is 11.1 Å². The Morgan fingerprint density at radius 2 is 2.11 bits per heavy atom. The van der Waals surface area contributed by atoms with Crippen LogP contribution in [0.25, 0.3) is 0 Å². The van der Waals surface area contributed by atoms with Crippen molar-refractivity contribution in [2.75, 3.05) is 12.4 Å². The SMILES string of the molecule is C=CCn1nnnc1NCc1cc(OC)c(OCc2cccc(C)c2)cc1Cl. The fourth-order valence-electron chi connectivity index (χ4n) is 2.70. The van der Waals surface area contributed by atoms with Gasteiger partial charge >= 0.3 is 0 Å². The lowest BCUT2D eigenvalue weighted by Crippen LogP contribution is -2.09. The molecule has 3 rings (SSSR count). The lowest BCUT2D eigenvalue weighted by atomic mass is 10.1. The molecule has 28 heavy (non-hydrogen) atoms. The number of ether oxygens (including phenoxy) is 2. The summed E-state index contributed by atoms with van der Waals surface area (Å²) in [6.07, 6.45) is 1.72. The van der Waals surface area contributed by atoms with E-state index >= 15 is 0 Å². The molecular weight excluding hydrogens is 378 g/mol. The summed E-state index contributed by atoms with van der Waals surface area (Å²) in [6, 6.07) is 11.8. The number of benzene rings is 2. The summed E-state index contributed by atoms with van der Waals surface area (Å²) < 4.78 is 13.0. The first-order chi connectivity index (χ1) is 13.6. The van der Waals surface area contributed by atoms with Gasteiger partial charge in [-0.15, -0.1) is 6.58 Å². The molecule has 8 heteroatoms. The summed E-state index contributed by atoms with van der Waals surface area (Å²) in [4.78, 5) is 0. The summed E-state index contributed by atoms with van der Waals surface area (Å²) in [6.45, 7) is 7.12. The van der Waals surface area contributed by atoms with Gasteiger partial charge in [-0.3, -0.25) is 0 Å². The summed E-state index contributed by atoms with van der Waals surface area (Å²) in [5.74, 6) is 1.74. The first-order valence-electron chi connectivity index (χ1n) is 8.76. The molecule has 7 nitrogen and oxygen atoms in total. The van der Waals surface area contributed by atoms with Gasteiger partial charge in [0.2, 0.25) is 5.95 Å². The molecule has 0 unspecified atom stereocenters. The highest BCUT2D eigenvalue weighted by Crippen LogP contribution is 2.34. The molecule has 0 aliphatic carbocycles. The molecule has 0 spiro atoms. The maximum absolute atomic E-state index is 6.46. The van der Waals surface area contributed by atoms with Gasteiger partial charge in [0.25, 0.3) is 0 Å². The predicted octanol–water partition coefficient (Wildman–Crippen LogP) is 4.02. The lowest BCUT2D eigenvalue weighted by Gasteiger charge is -2.14. The molecular formula is C20H22ClN5O2. The van der Waals surface area contributed by atoms with Gasteiger partial charge in [-0.05, 0) is 34.5 Å². The molecule has 3 aromatic rings. The summed E-state index contributed by atoms with van der Waals surface area (Å²) in [5.41, 5.74) is 3.11. The van der Waals surface area contributed by atoms with Crippen LogP contribution in [0.5, 0.6) is 11.5 Å². The van der Waals surface area contributed by atoms with Crippen molar-refractivity contribution in [1.82, 2.24) is 20.2 Å². The zero-order chi connectivity index (χ0) is 19.9. The van der Waals surface area contributed by atoms with Crippen LogP contribution in [-0.2, 0) is 19.7 Å². The number of anilines is 1. The average Bonchev–Trinajstić information content (AvgIpc) is 3.13. The third kappa shape index (κ3) is 4.80. The number of rotatable bonds is 9. The van der Waals surface area contributed by atoms with E-state index in [2.05, 4.69) is 33.5 Å². The van der Waals surface area contributed by atoms with Gasteiger partial charge in [-0.1, -0.05) is 52.6 Å². The number of aryl methyl sites for hydroxylation is 1. The van der Waals surface area contributed by atoms with Gasteiger partial charge in [0.15, 0.2) is 11.5 Å². The molecule has 0 aliphatic heterocycles. The standard InChI is InChI=1S/C20H22ClN5O2/c1-4-8-26-20(23-24-25-26)22-12-16-10-18(27-3)19(11-17(16)21)28-13-15-7-5-6-14(2)9-15/h4-7,9-11H,1,8,12-13H2,2-3H3,(H,22,23,25). The van der Waals surface area contributed by atoms with Crippen molar-refractivity contribution in [2.24, 2.45) is 0 Å². The van der Waals surface area contributed by atoms with Gasteiger partial charge in [0.1, 0.15) is 6.61 Å². The largest absolute Gasteiger partial charge is 0.493 e. The molecule has 0 saturated heterocycles. The molecule has 0 radical (unpaired) electrons. The van der Waals surface area contributed by atoms with E-state index in [0.29, 0.717) is 42.2 Å². The minimum absolute atomic E-state index is 0.433. The van der Waals surface area contributed by atoms with Crippen LogP contribution in [0.2, 0.25) is 5.02 Å². The van der Waals surface area contributed by atoms with Gasteiger partial charge in [-0.2, -0.15) is 0 Å². The molecule has 0 amide bonds. The Hall–Kier alpha value is -3.06. The van der Waals surface area contributed by atoms with E-state index < -0.39 is 0 Å². The van der Waals surface area contributed by atoms with Crippen LogP contribution in [0.15, 0.2) is 49.1 Å². The van der Waals surface area contributed by atoms with E-state index in [1.807, 2.05) is 31.2 Å². The van der Waals surface area contributed by atoms with E-state index in [4.69, 9.17) is 21.1 Å². The third-order valence-corrected chi connectivity index (χ3v) is 4.43. The van der Waals surface area contributed by atoms with Crippen LogP contribution < -0.4 is 14.8 Å². The molecule has 1 heterocycles. The molecule has 0 saturated carbocycles. The van der Waals surface area contributed by atoms with Crippen LogP contribution in [0, 0.1) is 6.92 Å². The van der Waals surface area contributed by atoms with Crippen molar-refractivity contribution in [3.05, 3.63) is 70.8 Å². The van der Waals surface area contributed by atoms with Gasteiger partial charge in [0.05, 0.1) is 13.7 Å². The fourth-order valence-corrected chi connectivity index (χ4v) is 2.92. The van der Waals surface area contributed by atoms with Crippen molar-refractivity contribution < 1.29 is 9.47 Å². The van der Waals surface area contributed by atoms with Crippen LogP contribution in [-0.4, -0.2) is 27.3 Å². The number of aromatic nitrogens is 4. The Bertz CT molecular complexity index is 958. The predicted molar refractivity (Wildman–Crippen MR) is 109 cm³/mol. The second kappa shape index (κ2) is 9.23. The van der Waals surface area contributed by atoms with Crippen molar-refractivity contribution in [3.63, 3.8) is 0 Å². The van der Waals surface area contributed by atoms with E-state index in [9.17, 15) is 0 Å². The maximum atomic E-state index is 6.46. The smallest absolute Gasteiger partial charge is 0.243 e. The number of halogens is 1. The van der Waals surface area contributed by atoms with Crippen LogP contribution in [0.1, 0.15) is 16.7 Å². The fraction of sp³-hybridized carbons (Fsp3) is 0.250. The molecule has 0 aliphatic rings. The van der Waals surface area contributed by atoms with Crippen molar-refractivity contribution in [1.29, 1.82) is 0 Å². The number of nitrogens with one attached hydrogen (secondary N) is 1. The summed E-state index contributed by atoms with van der Waals surface area (Å²) >= 11 is 6.46. The quantitative estimate of drug-likeness (QED) is 0.548. The third-order valence-electron chi connectivity index (χ3n) is 4.08. The molecule has 0 fully saturated rings. The molecule has 1 N–H and O–H groups in total. The van der Waals surface area contributed by atoms with Crippen molar-refractivity contribution in [2.45, 2.75) is 26.6 Å². The Morgan fingerprint density at radius 1 is 1.25 bits per heavy atom. The van der Waals surface area contributed by atoms with E-state index in [1.54, 1.807) is 23.9 Å².